The molecule has 1 aromatic heterocycles. The third-order valence-electron chi connectivity index (χ3n) is 6.49. The van der Waals surface area contributed by atoms with Crippen LogP contribution in [0.25, 0.3) is 11.0 Å². The van der Waals surface area contributed by atoms with Crippen LogP contribution >= 0.6 is 0 Å². The molecule has 0 unspecified atom stereocenters. The van der Waals surface area contributed by atoms with Gasteiger partial charge >= 0.3 is 6.03 Å². The second-order valence-corrected chi connectivity index (χ2v) is 10.7. The average Bonchev–Trinajstić information content (AvgIpc) is 3.40. The van der Waals surface area contributed by atoms with Crippen LogP contribution in [-0.2, 0) is 20.4 Å². The molecule has 0 spiro atoms. The van der Waals surface area contributed by atoms with E-state index in [4.69, 9.17) is 9.68 Å². The number of carbonyl (C=O) groups excluding carboxylic acids is 2. The fourth-order valence-electron chi connectivity index (χ4n) is 4.38. The molecule has 1 atom stereocenters. The first-order valence-electron chi connectivity index (χ1n) is 11.1. The molecular weight excluding hydrogens is 470 g/mol. The normalized spacial score (nSPS) is 21.9. The predicted molar refractivity (Wildman–Crippen MR) is 125 cm³/mol. The molecule has 2 aliphatic heterocycles. The molecule has 2 aromatic carbocycles. The van der Waals surface area contributed by atoms with E-state index < -0.39 is 27.5 Å². The Balaban J connectivity index is 1.25. The van der Waals surface area contributed by atoms with Crippen molar-refractivity contribution in [2.45, 2.75) is 17.4 Å². The molecule has 2 fully saturated rings. The smallest absolute Gasteiger partial charge is 0.326 e. The van der Waals surface area contributed by atoms with Crippen LogP contribution in [0, 0.1) is 11.3 Å². The van der Waals surface area contributed by atoms with Crippen molar-refractivity contribution >= 4 is 32.9 Å². The number of piperazine rings is 1. The van der Waals surface area contributed by atoms with E-state index in [0.29, 0.717) is 30.0 Å². The van der Waals surface area contributed by atoms with Crippen LogP contribution in [0.3, 0.4) is 0 Å². The summed E-state index contributed by atoms with van der Waals surface area (Å²) in [5.74, 6) is -0.0629. The molecule has 2 aliphatic rings. The van der Waals surface area contributed by atoms with Gasteiger partial charge in [-0.2, -0.15) is 9.57 Å². The van der Waals surface area contributed by atoms with Crippen molar-refractivity contribution in [2.24, 2.45) is 0 Å². The number of para-hydroxylation sites is 1. The molecule has 0 saturated carbocycles. The zero-order chi connectivity index (χ0) is 24.8. The van der Waals surface area contributed by atoms with Gasteiger partial charge in [0.1, 0.15) is 11.3 Å². The standard InChI is InChI=1S/C24H23N5O5S/c1-24(21-14-18-4-2-3-5-20(18)34-21)22(30)29(23(31)26-24)16-27-10-12-28(13-11-27)35(32,33)19-8-6-17(15-25)7-9-19/h2-9,14H,10-13,16H2,1H3,(H,26,31)/t24-/m0/s1. The molecule has 35 heavy (non-hydrogen) atoms. The molecule has 180 valence electrons. The van der Waals surface area contributed by atoms with Crippen LogP contribution < -0.4 is 5.32 Å². The Morgan fingerprint density at radius 2 is 1.74 bits per heavy atom. The van der Waals surface area contributed by atoms with Gasteiger partial charge in [0.15, 0.2) is 5.54 Å². The molecule has 5 rings (SSSR count). The number of nitriles is 1. The lowest BCUT2D eigenvalue weighted by Crippen LogP contribution is -2.52. The van der Waals surface area contributed by atoms with E-state index in [9.17, 15) is 18.0 Å². The second kappa shape index (κ2) is 8.49. The molecule has 3 heterocycles. The Kier molecular flexibility index (Phi) is 5.59. The molecule has 2 saturated heterocycles. The number of urea groups is 1. The molecule has 11 heteroatoms. The minimum atomic E-state index is -3.70. The number of carbonyl (C=O) groups is 2. The first-order chi connectivity index (χ1) is 16.7. The highest BCUT2D eigenvalue weighted by Gasteiger charge is 2.51. The third kappa shape index (κ3) is 3.95. The summed E-state index contributed by atoms with van der Waals surface area (Å²) in [6, 6.07) is 16.4. The number of rotatable bonds is 5. The van der Waals surface area contributed by atoms with Gasteiger partial charge in [-0.3, -0.25) is 9.69 Å². The lowest BCUT2D eigenvalue weighted by atomic mass is 9.99. The number of furan rings is 1. The second-order valence-electron chi connectivity index (χ2n) is 8.74. The van der Waals surface area contributed by atoms with Gasteiger partial charge in [-0.25, -0.2) is 18.1 Å². The fraction of sp³-hybridized carbons (Fsp3) is 0.292. The highest BCUT2D eigenvalue weighted by molar-refractivity contribution is 7.89. The van der Waals surface area contributed by atoms with E-state index in [-0.39, 0.29) is 24.7 Å². The van der Waals surface area contributed by atoms with Crippen molar-refractivity contribution in [1.82, 2.24) is 19.4 Å². The quantitative estimate of drug-likeness (QED) is 0.539. The minimum absolute atomic E-state index is 0.0469. The van der Waals surface area contributed by atoms with Gasteiger partial charge in [-0.05, 0) is 43.3 Å². The molecule has 0 bridgehead atoms. The van der Waals surface area contributed by atoms with Crippen LogP contribution in [0.4, 0.5) is 4.79 Å². The molecule has 1 N–H and O–H groups in total. The lowest BCUT2D eigenvalue weighted by Gasteiger charge is -2.35. The SMILES string of the molecule is C[C@@]1(c2cc3ccccc3o2)NC(=O)N(CN2CCN(S(=O)(=O)c3ccc(C#N)cc3)CC2)C1=O. The largest absolute Gasteiger partial charge is 0.458 e. The van der Waals surface area contributed by atoms with Crippen LogP contribution in [0.5, 0.6) is 0 Å². The number of hydrogen-bond donors (Lipinski definition) is 1. The lowest BCUT2D eigenvalue weighted by molar-refractivity contribution is -0.133. The Hall–Kier alpha value is -3.72. The highest BCUT2D eigenvalue weighted by atomic mass is 32.2. The Bertz CT molecular complexity index is 1420. The zero-order valence-corrected chi connectivity index (χ0v) is 19.8. The first kappa shape index (κ1) is 23.0. The van der Waals surface area contributed by atoms with E-state index in [1.807, 2.05) is 29.2 Å². The summed E-state index contributed by atoms with van der Waals surface area (Å²) < 4.78 is 33.1. The van der Waals surface area contributed by atoms with Crippen LogP contribution in [0.1, 0.15) is 18.2 Å². The monoisotopic (exact) mass is 493 g/mol. The summed E-state index contributed by atoms with van der Waals surface area (Å²) in [5, 5.41) is 12.5. The maximum Gasteiger partial charge on any atom is 0.326 e. The number of hydrogen-bond acceptors (Lipinski definition) is 7. The third-order valence-corrected chi connectivity index (χ3v) is 8.40. The summed E-state index contributed by atoms with van der Waals surface area (Å²) in [6.07, 6.45) is 0. The molecule has 0 radical (unpaired) electrons. The van der Waals surface area contributed by atoms with Crippen LogP contribution in [0.2, 0.25) is 0 Å². The van der Waals surface area contributed by atoms with E-state index in [2.05, 4.69) is 5.32 Å². The predicted octanol–water partition coefficient (Wildman–Crippen LogP) is 2.04. The van der Waals surface area contributed by atoms with Crippen molar-refractivity contribution in [1.29, 1.82) is 5.26 Å². The number of benzene rings is 2. The number of fused-ring (bicyclic) bond motifs is 1. The Labute approximate surface area is 202 Å². The Morgan fingerprint density at radius 1 is 1.06 bits per heavy atom. The van der Waals surface area contributed by atoms with E-state index in [0.717, 1.165) is 10.3 Å². The van der Waals surface area contributed by atoms with Gasteiger partial charge < -0.3 is 9.73 Å². The van der Waals surface area contributed by atoms with Gasteiger partial charge in [0.05, 0.1) is 23.2 Å². The number of sulfonamides is 1. The maximum atomic E-state index is 13.3. The minimum Gasteiger partial charge on any atom is -0.458 e. The van der Waals surface area contributed by atoms with Crippen molar-refractivity contribution in [3.8, 4) is 6.07 Å². The van der Waals surface area contributed by atoms with Gasteiger partial charge in [-0.15, -0.1) is 0 Å². The average molecular weight is 494 g/mol. The Morgan fingerprint density at radius 3 is 2.40 bits per heavy atom. The molecule has 3 aromatic rings. The van der Waals surface area contributed by atoms with Crippen molar-refractivity contribution in [2.75, 3.05) is 32.8 Å². The van der Waals surface area contributed by atoms with Crippen molar-refractivity contribution in [3.63, 3.8) is 0 Å². The summed E-state index contributed by atoms with van der Waals surface area (Å²) in [6.45, 7) is 2.81. The summed E-state index contributed by atoms with van der Waals surface area (Å²) in [7, 11) is -3.70. The van der Waals surface area contributed by atoms with Gasteiger partial charge in [-0.1, -0.05) is 18.2 Å². The van der Waals surface area contributed by atoms with Crippen LogP contribution in [0.15, 0.2) is 63.9 Å². The highest BCUT2D eigenvalue weighted by Crippen LogP contribution is 2.33. The number of nitrogens with one attached hydrogen (secondary N) is 1. The molecule has 10 nitrogen and oxygen atoms in total. The van der Waals surface area contributed by atoms with Crippen molar-refractivity contribution in [3.05, 3.63) is 65.9 Å². The summed E-state index contributed by atoms with van der Waals surface area (Å²) in [4.78, 5) is 29.1. The molecule has 3 amide bonds. The van der Waals surface area contributed by atoms with E-state index in [1.54, 1.807) is 19.1 Å². The van der Waals surface area contributed by atoms with Gasteiger partial charge in [0, 0.05) is 31.6 Å². The summed E-state index contributed by atoms with van der Waals surface area (Å²) in [5.41, 5.74) is -0.308. The van der Waals surface area contributed by atoms with E-state index >= 15 is 0 Å². The molecular formula is C24H23N5O5S. The fourth-order valence-corrected chi connectivity index (χ4v) is 5.80. The number of nitrogens with zero attached hydrogens (tertiary/aromatic N) is 4. The van der Waals surface area contributed by atoms with Crippen LogP contribution in [-0.4, -0.2) is 67.3 Å². The zero-order valence-electron chi connectivity index (χ0n) is 19.0. The number of imide groups is 1. The van der Waals surface area contributed by atoms with Gasteiger partial charge in [0.25, 0.3) is 5.91 Å². The maximum absolute atomic E-state index is 13.3. The topological polar surface area (TPSA) is 127 Å². The number of amides is 3. The summed E-state index contributed by atoms with van der Waals surface area (Å²) >= 11 is 0. The van der Waals surface area contributed by atoms with E-state index in [1.165, 1.54) is 28.6 Å². The van der Waals surface area contributed by atoms with Gasteiger partial charge in [0.2, 0.25) is 10.0 Å². The van der Waals surface area contributed by atoms with Crippen molar-refractivity contribution < 1.29 is 22.4 Å². The first-order valence-corrected chi connectivity index (χ1v) is 12.5. The molecule has 0 aliphatic carbocycles.